The summed E-state index contributed by atoms with van der Waals surface area (Å²) in [5, 5.41) is 16.3. The fourth-order valence-corrected chi connectivity index (χ4v) is 4.11. The van der Waals surface area contributed by atoms with E-state index in [0.29, 0.717) is 6.54 Å². The molecule has 2 aromatic carbocycles. The molecule has 4 rings (SSSR count). The van der Waals surface area contributed by atoms with E-state index in [1.54, 1.807) is 29.8 Å². The summed E-state index contributed by atoms with van der Waals surface area (Å²) < 4.78 is 1.04. The zero-order valence-electron chi connectivity index (χ0n) is 15.6. The van der Waals surface area contributed by atoms with E-state index in [1.807, 2.05) is 12.1 Å². The van der Waals surface area contributed by atoms with Gasteiger partial charge in [-0.2, -0.15) is 0 Å². The van der Waals surface area contributed by atoms with E-state index < -0.39 is 0 Å². The summed E-state index contributed by atoms with van der Waals surface area (Å²) in [5.74, 6) is 1.08. The average Bonchev–Trinajstić information content (AvgIpc) is 3.16. The van der Waals surface area contributed by atoms with Gasteiger partial charge in [0.15, 0.2) is 0 Å². The molecule has 0 fully saturated rings. The number of phenolic OH excluding ortho intramolecular Hbond substituents is 1. The van der Waals surface area contributed by atoms with Crippen molar-refractivity contribution in [2.75, 3.05) is 11.9 Å². The lowest BCUT2D eigenvalue weighted by Crippen LogP contribution is -2.11. The maximum atomic E-state index is 9.62. The molecular formula is C22H22N4OS. The molecular weight excluding hydrogens is 368 g/mol. The summed E-state index contributed by atoms with van der Waals surface area (Å²) in [4.78, 5) is 10.0. The van der Waals surface area contributed by atoms with Gasteiger partial charge in [0.25, 0.3) is 0 Å². The molecule has 0 amide bonds. The summed E-state index contributed by atoms with van der Waals surface area (Å²) in [6.07, 6.45) is 1.59. The van der Waals surface area contributed by atoms with Crippen LogP contribution in [0.1, 0.15) is 18.1 Å². The molecule has 0 unspecified atom stereocenters. The highest BCUT2D eigenvalue weighted by molar-refractivity contribution is 7.22. The number of nitrogens with zero attached hydrogens (tertiary/aromatic N) is 2. The summed E-state index contributed by atoms with van der Waals surface area (Å²) in [7, 11) is 0. The lowest BCUT2D eigenvalue weighted by molar-refractivity contribution is 0.474. The van der Waals surface area contributed by atoms with Crippen molar-refractivity contribution in [3.8, 4) is 16.2 Å². The lowest BCUT2D eigenvalue weighted by Gasteiger charge is -2.06. The van der Waals surface area contributed by atoms with Crippen LogP contribution < -0.4 is 10.6 Å². The molecule has 6 heteroatoms. The van der Waals surface area contributed by atoms with Crippen LogP contribution in [0.25, 0.3) is 20.7 Å². The van der Waals surface area contributed by atoms with Crippen LogP contribution in [0.4, 0.5) is 5.82 Å². The van der Waals surface area contributed by atoms with Crippen LogP contribution in [0.3, 0.4) is 0 Å². The predicted molar refractivity (Wildman–Crippen MR) is 116 cm³/mol. The van der Waals surface area contributed by atoms with Gasteiger partial charge >= 0.3 is 0 Å². The lowest BCUT2D eigenvalue weighted by atomic mass is 10.1. The summed E-state index contributed by atoms with van der Waals surface area (Å²) >= 11 is 1.69. The highest BCUT2D eigenvalue weighted by Crippen LogP contribution is 2.35. The van der Waals surface area contributed by atoms with Crippen LogP contribution in [-0.2, 0) is 13.1 Å². The van der Waals surface area contributed by atoms with Crippen molar-refractivity contribution in [3.63, 3.8) is 0 Å². The van der Waals surface area contributed by atoms with Crippen molar-refractivity contribution in [1.29, 1.82) is 0 Å². The van der Waals surface area contributed by atoms with E-state index in [1.165, 1.54) is 16.0 Å². The van der Waals surface area contributed by atoms with Gasteiger partial charge in [-0.15, -0.1) is 11.3 Å². The number of nitrogens with one attached hydrogen (secondary N) is 2. The van der Waals surface area contributed by atoms with Gasteiger partial charge in [-0.3, -0.25) is 0 Å². The highest BCUT2D eigenvalue weighted by Gasteiger charge is 2.10. The van der Waals surface area contributed by atoms with Crippen molar-refractivity contribution in [2.45, 2.75) is 20.0 Å². The van der Waals surface area contributed by atoms with Gasteiger partial charge in [-0.1, -0.05) is 43.3 Å². The molecule has 2 heterocycles. The molecule has 5 nitrogen and oxygen atoms in total. The third kappa shape index (κ3) is 4.13. The van der Waals surface area contributed by atoms with Gasteiger partial charge in [0.05, 0.1) is 10.2 Å². The van der Waals surface area contributed by atoms with E-state index in [-0.39, 0.29) is 5.75 Å². The number of aromatic hydroxyl groups is 1. The molecule has 3 N–H and O–H groups in total. The van der Waals surface area contributed by atoms with Crippen molar-refractivity contribution in [2.24, 2.45) is 0 Å². The zero-order chi connectivity index (χ0) is 19.3. The van der Waals surface area contributed by atoms with E-state index >= 15 is 0 Å². The smallest absolute Gasteiger partial charge is 0.147 e. The highest BCUT2D eigenvalue weighted by atomic mass is 32.1. The minimum atomic E-state index is 0.267. The second-order valence-electron chi connectivity index (χ2n) is 6.55. The number of anilines is 1. The summed E-state index contributed by atoms with van der Waals surface area (Å²) in [6, 6.07) is 18.0. The molecule has 0 saturated heterocycles. The standard InChI is InChI=1S/C22H22N4OS/c1-2-23-12-15-6-8-17(9-7-15)20-11-19-21(28-20)22(26-14-25-19)24-13-16-4-3-5-18(27)10-16/h3-11,14,23,27H,2,12-13H2,1H3,(H,24,25,26). The van der Waals surface area contributed by atoms with Crippen LogP contribution in [0.2, 0.25) is 0 Å². The minimum absolute atomic E-state index is 0.267. The van der Waals surface area contributed by atoms with Crippen molar-refractivity contribution in [1.82, 2.24) is 15.3 Å². The Morgan fingerprint density at radius 1 is 0.964 bits per heavy atom. The molecule has 0 atom stereocenters. The maximum Gasteiger partial charge on any atom is 0.147 e. The molecule has 4 aromatic rings. The summed E-state index contributed by atoms with van der Waals surface area (Å²) in [6.45, 7) is 4.55. The Kier molecular flexibility index (Phi) is 5.50. The van der Waals surface area contributed by atoms with Crippen LogP contribution >= 0.6 is 11.3 Å². The van der Waals surface area contributed by atoms with E-state index in [4.69, 9.17) is 0 Å². The number of fused-ring (bicyclic) bond motifs is 1. The molecule has 2 aromatic heterocycles. The predicted octanol–water partition coefficient (Wildman–Crippen LogP) is 4.79. The number of rotatable bonds is 7. The number of hydrogen-bond acceptors (Lipinski definition) is 6. The van der Waals surface area contributed by atoms with Gasteiger partial charge in [-0.25, -0.2) is 9.97 Å². The number of hydrogen-bond donors (Lipinski definition) is 3. The fourth-order valence-electron chi connectivity index (χ4n) is 3.03. The number of phenols is 1. The average molecular weight is 391 g/mol. The van der Waals surface area contributed by atoms with E-state index in [0.717, 1.165) is 34.7 Å². The maximum absolute atomic E-state index is 9.62. The topological polar surface area (TPSA) is 70.1 Å². The second kappa shape index (κ2) is 8.37. The van der Waals surface area contributed by atoms with Gasteiger partial charge in [0, 0.05) is 18.0 Å². The molecule has 28 heavy (non-hydrogen) atoms. The van der Waals surface area contributed by atoms with E-state index in [9.17, 15) is 5.11 Å². The van der Waals surface area contributed by atoms with Gasteiger partial charge < -0.3 is 15.7 Å². The first kappa shape index (κ1) is 18.4. The monoisotopic (exact) mass is 390 g/mol. The normalized spacial score (nSPS) is 11.0. The Labute approximate surface area is 168 Å². The molecule has 0 aliphatic heterocycles. The summed E-state index contributed by atoms with van der Waals surface area (Å²) in [5.41, 5.74) is 4.40. The van der Waals surface area contributed by atoms with Crippen LogP contribution in [0, 0.1) is 0 Å². The molecule has 0 spiro atoms. The SMILES string of the molecule is CCNCc1ccc(-c2cc3ncnc(NCc4cccc(O)c4)c3s2)cc1. The van der Waals surface area contributed by atoms with Gasteiger partial charge in [-0.05, 0) is 41.4 Å². The molecule has 0 aliphatic rings. The van der Waals surface area contributed by atoms with Crippen molar-refractivity contribution < 1.29 is 5.11 Å². The third-order valence-electron chi connectivity index (χ3n) is 4.50. The number of aromatic nitrogens is 2. The third-order valence-corrected chi connectivity index (χ3v) is 5.68. The van der Waals surface area contributed by atoms with Gasteiger partial charge in [0.2, 0.25) is 0 Å². The Bertz CT molecular complexity index is 1080. The largest absolute Gasteiger partial charge is 0.508 e. The Hall–Kier alpha value is -2.96. The van der Waals surface area contributed by atoms with Gasteiger partial charge in [0.1, 0.15) is 17.9 Å². The molecule has 0 bridgehead atoms. The molecule has 0 radical (unpaired) electrons. The quantitative estimate of drug-likeness (QED) is 0.423. The number of thiophene rings is 1. The second-order valence-corrected chi connectivity index (χ2v) is 7.60. The Morgan fingerprint density at radius 2 is 1.82 bits per heavy atom. The Balaban J connectivity index is 1.56. The Morgan fingerprint density at radius 3 is 2.61 bits per heavy atom. The number of benzene rings is 2. The first-order valence-electron chi connectivity index (χ1n) is 9.29. The molecule has 0 aliphatic carbocycles. The first-order chi connectivity index (χ1) is 13.7. The van der Waals surface area contributed by atoms with Crippen LogP contribution in [0.15, 0.2) is 60.9 Å². The minimum Gasteiger partial charge on any atom is -0.508 e. The van der Waals surface area contributed by atoms with Crippen molar-refractivity contribution in [3.05, 3.63) is 72.1 Å². The van der Waals surface area contributed by atoms with Crippen LogP contribution in [0.5, 0.6) is 5.75 Å². The first-order valence-corrected chi connectivity index (χ1v) is 10.1. The zero-order valence-corrected chi connectivity index (χ0v) is 16.5. The van der Waals surface area contributed by atoms with E-state index in [2.05, 4.69) is 57.9 Å². The fraction of sp³-hybridized carbons (Fsp3) is 0.182. The van der Waals surface area contributed by atoms with Crippen LogP contribution in [-0.4, -0.2) is 21.6 Å². The molecule has 0 saturated carbocycles. The molecule has 142 valence electrons. The van der Waals surface area contributed by atoms with Crippen molar-refractivity contribution >= 4 is 27.4 Å².